The lowest BCUT2D eigenvalue weighted by Crippen LogP contribution is -2.60. The second kappa shape index (κ2) is 5.52. The Kier molecular flexibility index (Phi) is 4.54. The van der Waals surface area contributed by atoms with Crippen molar-refractivity contribution < 1.29 is 14.7 Å². The Morgan fingerprint density at radius 3 is 2.12 bits per heavy atom. The summed E-state index contributed by atoms with van der Waals surface area (Å²) in [4.78, 5) is 23.2. The van der Waals surface area contributed by atoms with E-state index in [0.29, 0.717) is 18.8 Å². The van der Waals surface area contributed by atoms with E-state index in [9.17, 15) is 9.59 Å². The largest absolute Gasteiger partial charge is 0.480 e. The van der Waals surface area contributed by atoms with Crippen LogP contribution in [0.25, 0.3) is 0 Å². The molecule has 2 N–H and O–H groups in total. The second-order valence-corrected chi connectivity index (χ2v) is 5.10. The van der Waals surface area contributed by atoms with Crippen LogP contribution in [0.5, 0.6) is 0 Å². The molecule has 0 aromatic rings. The van der Waals surface area contributed by atoms with Gasteiger partial charge in [-0.1, -0.05) is 33.6 Å². The van der Waals surface area contributed by atoms with Crippen LogP contribution in [-0.2, 0) is 9.59 Å². The van der Waals surface area contributed by atoms with E-state index in [1.807, 2.05) is 6.92 Å². The lowest BCUT2D eigenvalue weighted by molar-refractivity contribution is -0.152. The maximum absolute atomic E-state index is 12.0. The van der Waals surface area contributed by atoms with Gasteiger partial charge >= 0.3 is 5.97 Å². The van der Waals surface area contributed by atoms with Crippen LogP contribution in [0.3, 0.4) is 0 Å². The molecule has 4 nitrogen and oxygen atoms in total. The number of carboxylic acid groups (broad SMARTS) is 1. The average Bonchev–Trinajstić information content (AvgIpc) is 2.24. The van der Waals surface area contributed by atoms with Crippen molar-refractivity contribution in [3.05, 3.63) is 0 Å². The van der Waals surface area contributed by atoms with Crippen molar-refractivity contribution in [1.29, 1.82) is 0 Å². The third-order valence-corrected chi connectivity index (χ3v) is 4.15. The Morgan fingerprint density at radius 2 is 1.82 bits per heavy atom. The normalized spacial score (nSPS) is 19.5. The number of carboxylic acids is 1. The highest BCUT2D eigenvalue weighted by molar-refractivity contribution is 5.88. The molecule has 0 spiro atoms. The molecular weight excluding hydrogens is 218 g/mol. The molecule has 1 fully saturated rings. The number of aliphatic carboxylic acids is 1. The van der Waals surface area contributed by atoms with Crippen LogP contribution in [0, 0.1) is 11.8 Å². The van der Waals surface area contributed by atoms with Crippen molar-refractivity contribution in [3.8, 4) is 0 Å². The molecule has 1 saturated carbocycles. The van der Waals surface area contributed by atoms with Gasteiger partial charge in [-0.25, -0.2) is 4.79 Å². The molecule has 0 aromatic heterocycles. The SMILES string of the molecule is CCC(CC)C(C)C(=O)NC1(C(=O)O)CCC1. The summed E-state index contributed by atoms with van der Waals surface area (Å²) < 4.78 is 0. The van der Waals surface area contributed by atoms with Crippen LogP contribution >= 0.6 is 0 Å². The molecule has 0 aliphatic heterocycles. The topological polar surface area (TPSA) is 66.4 Å². The van der Waals surface area contributed by atoms with Crippen molar-refractivity contribution >= 4 is 11.9 Å². The predicted octanol–water partition coefficient (Wildman–Crippen LogP) is 2.18. The summed E-state index contributed by atoms with van der Waals surface area (Å²) in [5.41, 5.74) is -0.975. The molecular formula is C13H23NO3. The van der Waals surface area contributed by atoms with Gasteiger partial charge in [0.1, 0.15) is 5.54 Å². The first-order chi connectivity index (χ1) is 7.96. The number of hydrogen-bond acceptors (Lipinski definition) is 2. The van der Waals surface area contributed by atoms with Crippen LogP contribution in [0.4, 0.5) is 0 Å². The Hall–Kier alpha value is -1.06. The maximum atomic E-state index is 12.0. The van der Waals surface area contributed by atoms with Gasteiger partial charge in [0.25, 0.3) is 0 Å². The maximum Gasteiger partial charge on any atom is 0.329 e. The predicted molar refractivity (Wildman–Crippen MR) is 65.6 cm³/mol. The molecule has 1 rings (SSSR count). The summed E-state index contributed by atoms with van der Waals surface area (Å²) in [7, 11) is 0. The smallest absolute Gasteiger partial charge is 0.329 e. The minimum atomic E-state index is -0.975. The molecule has 0 aromatic carbocycles. The van der Waals surface area contributed by atoms with Gasteiger partial charge in [0.15, 0.2) is 0 Å². The molecule has 1 atom stereocenters. The van der Waals surface area contributed by atoms with Gasteiger partial charge in [-0.05, 0) is 25.2 Å². The summed E-state index contributed by atoms with van der Waals surface area (Å²) in [6.45, 7) is 6.02. The summed E-state index contributed by atoms with van der Waals surface area (Å²) in [6.07, 6.45) is 3.90. The van der Waals surface area contributed by atoms with Crippen molar-refractivity contribution in [2.24, 2.45) is 11.8 Å². The van der Waals surface area contributed by atoms with E-state index >= 15 is 0 Å². The molecule has 0 heterocycles. The van der Waals surface area contributed by atoms with E-state index in [1.54, 1.807) is 0 Å². The molecule has 17 heavy (non-hydrogen) atoms. The molecule has 0 radical (unpaired) electrons. The van der Waals surface area contributed by atoms with Crippen LogP contribution < -0.4 is 5.32 Å². The molecule has 0 bridgehead atoms. The van der Waals surface area contributed by atoms with Crippen LogP contribution in [0.1, 0.15) is 52.9 Å². The summed E-state index contributed by atoms with van der Waals surface area (Å²) in [6, 6.07) is 0. The molecule has 4 heteroatoms. The van der Waals surface area contributed by atoms with Gasteiger partial charge in [0.05, 0.1) is 0 Å². The van der Waals surface area contributed by atoms with Gasteiger partial charge in [0.2, 0.25) is 5.91 Å². The minimum absolute atomic E-state index is 0.109. The van der Waals surface area contributed by atoms with Crippen LogP contribution in [0.2, 0.25) is 0 Å². The van der Waals surface area contributed by atoms with Gasteiger partial charge < -0.3 is 10.4 Å². The first-order valence-corrected chi connectivity index (χ1v) is 6.52. The Balaban J connectivity index is 2.62. The molecule has 1 amide bonds. The first-order valence-electron chi connectivity index (χ1n) is 6.52. The van der Waals surface area contributed by atoms with Crippen molar-refractivity contribution in [3.63, 3.8) is 0 Å². The standard InChI is InChI=1S/C13H23NO3/c1-4-10(5-2)9(3)11(15)14-13(12(16)17)7-6-8-13/h9-10H,4-8H2,1-3H3,(H,14,15)(H,16,17). The highest BCUT2D eigenvalue weighted by Gasteiger charge is 2.46. The average molecular weight is 241 g/mol. The van der Waals surface area contributed by atoms with E-state index in [-0.39, 0.29) is 11.8 Å². The lowest BCUT2D eigenvalue weighted by atomic mass is 9.76. The van der Waals surface area contributed by atoms with Gasteiger partial charge in [-0.15, -0.1) is 0 Å². The zero-order chi connectivity index (χ0) is 13.1. The third-order valence-electron chi connectivity index (χ3n) is 4.15. The van der Waals surface area contributed by atoms with Crippen molar-refractivity contribution in [1.82, 2.24) is 5.32 Å². The zero-order valence-electron chi connectivity index (χ0n) is 11.0. The Morgan fingerprint density at radius 1 is 1.29 bits per heavy atom. The molecule has 1 aliphatic rings. The van der Waals surface area contributed by atoms with E-state index < -0.39 is 11.5 Å². The Labute approximate surface area is 103 Å². The van der Waals surface area contributed by atoms with Crippen LogP contribution in [-0.4, -0.2) is 22.5 Å². The fraction of sp³-hybridized carbons (Fsp3) is 0.846. The van der Waals surface area contributed by atoms with Gasteiger partial charge in [-0.2, -0.15) is 0 Å². The number of amides is 1. The number of nitrogens with one attached hydrogen (secondary N) is 1. The van der Waals surface area contributed by atoms with Crippen molar-refractivity contribution in [2.75, 3.05) is 0 Å². The second-order valence-electron chi connectivity index (χ2n) is 5.10. The van der Waals surface area contributed by atoms with Gasteiger partial charge in [-0.3, -0.25) is 4.79 Å². The first kappa shape index (κ1) is 14.0. The number of carbonyl (C=O) groups is 2. The highest BCUT2D eigenvalue weighted by Crippen LogP contribution is 2.33. The van der Waals surface area contributed by atoms with E-state index in [1.165, 1.54) is 0 Å². The number of rotatable bonds is 6. The van der Waals surface area contributed by atoms with E-state index in [2.05, 4.69) is 19.2 Å². The Bertz CT molecular complexity index is 293. The summed E-state index contributed by atoms with van der Waals surface area (Å²) >= 11 is 0. The quantitative estimate of drug-likeness (QED) is 0.749. The third kappa shape index (κ3) is 2.79. The summed E-state index contributed by atoms with van der Waals surface area (Å²) in [5, 5.41) is 11.9. The fourth-order valence-electron chi connectivity index (χ4n) is 2.48. The van der Waals surface area contributed by atoms with Crippen LogP contribution in [0.15, 0.2) is 0 Å². The number of hydrogen-bond donors (Lipinski definition) is 2. The number of carbonyl (C=O) groups excluding carboxylic acids is 1. The molecule has 98 valence electrons. The highest BCUT2D eigenvalue weighted by atomic mass is 16.4. The molecule has 1 unspecified atom stereocenters. The zero-order valence-corrected chi connectivity index (χ0v) is 11.0. The summed E-state index contributed by atoms with van der Waals surface area (Å²) in [5.74, 6) is -0.780. The molecule has 0 saturated heterocycles. The van der Waals surface area contributed by atoms with E-state index in [4.69, 9.17) is 5.11 Å². The van der Waals surface area contributed by atoms with Crippen molar-refractivity contribution in [2.45, 2.75) is 58.4 Å². The van der Waals surface area contributed by atoms with Gasteiger partial charge in [0, 0.05) is 5.92 Å². The van der Waals surface area contributed by atoms with E-state index in [0.717, 1.165) is 19.3 Å². The monoisotopic (exact) mass is 241 g/mol. The minimum Gasteiger partial charge on any atom is -0.480 e. The lowest BCUT2D eigenvalue weighted by Gasteiger charge is -2.39. The fourth-order valence-corrected chi connectivity index (χ4v) is 2.48. The molecule has 1 aliphatic carbocycles.